The van der Waals surface area contributed by atoms with Crippen molar-refractivity contribution in [2.24, 2.45) is 0 Å². The summed E-state index contributed by atoms with van der Waals surface area (Å²) in [5.74, 6) is 0.0473. The van der Waals surface area contributed by atoms with E-state index in [1.165, 1.54) is 57.3 Å². The molecule has 1 heterocycles. The van der Waals surface area contributed by atoms with Gasteiger partial charge < -0.3 is 10.2 Å². The van der Waals surface area contributed by atoms with Crippen LogP contribution in [0.15, 0.2) is 24.3 Å². The van der Waals surface area contributed by atoms with Crippen molar-refractivity contribution in [3.8, 4) is 0 Å². The number of nitrogens with one attached hydrogen (secondary N) is 1. The van der Waals surface area contributed by atoms with Crippen LogP contribution in [0.5, 0.6) is 0 Å². The molecule has 0 spiro atoms. The summed E-state index contributed by atoms with van der Waals surface area (Å²) in [6.07, 6.45) is 7.66. The molecule has 1 aromatic rings. The third-order valence-corrected chi connectivity index (χ3v) is 4.20. The second kappa shape index (κ2) is 8.83. The standard InChI is InChI=1S/C18H28N2O/c1-16-8-10-17(11-9-16)18(21)19-12-4-2-5-13-20-14-6-3-7-15-20/h8-11H,2-7,12-15H2,1H3,(H,19,21). The maximum Gasteiger partial charge on any atom is 0.251 e. The molecule has 2 rings (SSSR count). The molecule has 116 valence electrons. The summed E-state index contributed by atoms with van der Waals surface area (Å²) in [5.41, 5.74) is 1.94. The van der Waals surface area contributed by atoms with Gasteiger partial charge in [-0.25, -0.2) is 0 Å². The molecule has 3 nitrogen and oxygen atoms in total. The van der Waals surface area contributed by atoms with E-state index in [2.05, 4.69) is 10.2 Å². The zero-order valence-corrected chi connectivity index (χ0v) is 13.2. The molecule has 0 unspecified atom stereocenters. The highest BCUT2D eigenvalue weighted by Gasteiger charge is 2.09. The van der Waals surface area contributed by atoms with Crippen LogP contribution in [0.2, 0.25) is 0 Å². The molecule has 0 atom stereocenters. The summed E-state index contributed by atoms with van der Waals surface area (Å²) >= 11 is 0. The number of rotatable bonds is 7. The summed E-state index contributed by atoms with van der Waals surface area (Å²) < 4.78 is 0. The molecule has 21 heavy (non-hydrogen) atoms. The molecule has 1 saturated heterocycles. The molecule has 1 aliphatic rings. The van der Waals surface area contributed by atoms with Gasteiger partial charge in [-0.2, -0.15) is 0 Å². The van der Waals surface area contributed by atoms with Crippen molar-refractivity contribution in [1.29, 1.82) is 0 Å². The monoisotopic (exact) mass is 288 g/mol. The van der Waals surface area contributed by atoms with E-state index in [1.54, 1.807) is 0 Å². The first-order chi connectivity index (χ1) is 10.3. The van der Waals surface area contributed by atoms with E-state index in [-0.39, 0.29) is 5.91 Å². The topological polar surface area (TPSA) is 32.3 Å². The summed E-state index contributed by atoms with van der Waals surface area (Å²) in [4.78, 5) is 14.5. The highest BCUT2D eigenvalue weighted by atomic mass is 16.1. The molecule has 0 bridgehead atoms. The van der Waals surface area contributed by atoms with Crippen LogP contribution < -0.4 is 5.32 Å². The van der Waals surface area contributed by atoms with Crippen molar-refractivity contribution in [1.82, 2.24) is 10.2 Å². The van der Waals surface area contributed by atoms with Crippen LogP contribution in [0.1, 0.15) is 54.4 Å². The molecular weight excluding hydrogens is 260 g/mol. The average molecular weight is 288 g/mol. The number of likely N-dealkylation sites (tertiary alicyclic amines) is 1. The first kappa shape index (κ1) is 16.0. The van der Waals surface area contributed by atoms with E-state index in [1.807, 2.05) is 31.2 Å². The van der Waals surface area contributed by atoms with Gasteiger partial charge in [0.15, 0.2) is 0 Å². The summed E-state index contributed by atoms with van der Waals surface area (Å²) in [5, 5.41) is 3.00. The Kier molecular flexibility index (Phi) is 6.74. The molecule has 1 fully saturated rings. The van der Waals surface area contributed by atoms with Gasteiger partial charge in [0.25, 0.3) is 5.91 Å². The Morgan fingerprint density at radius 2 is 1.76 bits per heavy atom. The summed E-state index contributed by atoms with van der Waals surface area (Å²) in [6.45, 7) is 6.61. The largest absolute Gasteiger partial charge is 0.352 e. The van der Waals surface area contributed by atoms with Gasteiger partial charge in [0, 0.05) is 12.1 Å². The number of hydrogen-bond acceptors (Lipinski definition) is 2. The minimum absolute atomic E-state index is 0.0473. The third-order valence-electron chi connectivity index (χ3n) is 4.20. The molecule has 0 radical (unpaired) electrons. The number of hydrogen-bond donors (Lipinski definition) is 1. The molecule has 0 aliphatic carbocycles. The van der Waals surface area contributed by atoms with Crippen molar-refractivity contribution in [2.75, 3.05) is 26.2 Å². The van der Waals surface area contributed by atoms with Gasteiger partial charge >= 0.3 is 0 Å². The van der Waals surface area contributed by atoms with Crippen molar-refractivity contribution in [3.05, 3.63) is 35.4 Å². The van der Waals surface area contributed by atoms with Gasteiger partial charge in [-0.05, 0) is 64.4 Å². The van der Waals surface area contributed by atoms with Crippen LogP contribution in [0.3, 0.4) is 0 Å². The van der Waals surface area contributed by atoms with Crippen LogP contribution in [-0.2, 0) is 0 Å². The van der Waals surface area contributed by atoms with Crippen molar-refractivity contribution < 1.29 is 4.79 Å². The molecule has 1 amide bonds. The van der Waals surface area contributed by atoms with Crippen LogP contribution >= 0.6 is 0 Å². The average Bonchev–Trinajstić information content (AvgIpc) is 2.52. The Morgan fingerprint density at radius 3 is 2.48 bits per heavy atom. The van der Waals surface area contributed by atoms with Gasteiger partial charge in [0.1, 0.15) is 0 Å². The van der Waals surface area contributed by atoms with Gasteiger partial charge in [-0.15, -0.1) is 0 Å². The second-order valence-electron chi connectivity index (χ2n) is 6.08. The van der Waals surface area contributed by atoms with Crippen LogP contribution in [-0.4, -0.2) is 37.0 Å². The van der Waals surface area contributed by atoms with E-state index >= 15 is 0 Å². The normalized spacial score (nSPS) is 15.9. The minimum atomic E-state index is 0.0473. The lowest BCUT2D eigenvalue weighted by Gasteiger charge is -2.26. The number of amides is 1. The fourth-order valence-corrected chi connectivity index (χ4v) is 2.83. The lowest BCUT2D eigenvalue weighted by molar-refractivity contribution is 0.0953. The number of carbonyl (C=O) groups excluding carboxylic acids is 1. The Morgan fingerprint density at radius 1 is 1.05 bits per heavy atom. The lowest BCUT2D eigenvalue weighted by Crippen LogP contribution is -2.30. The SMILES string of the molecule is Cc1ccc(C(=O)NCCCCCN2CCCCC2)cc1. The predicted molar refractivity (Wildman–Crippen MR) is 87.7 cm³/mol. The zero-order chi connectivity index (χ0) is 14.9. The van der Waals surface area contributed by atoms with Gasteiger partial charge in [0.2, 0.25) is 0 Å². The molecule has 1 N–H and O–H groups in total. The van der Waals surface area contributed by atoms with Crippen LogP contribution in [0, 0.1) is 6.92 Å². The summed E-state index contributed by atoms with van der Waals surface area (Å²) in [6, 6.07) is 7.74. The number of benzene rings is 1. The summed E-state index contributed by atoms with van der Waals surface area (Å²) in [7, 11) is 0. The number of nitrogens with zero attached hydrogens (tertiary/aromatic N) is 1. The van der Waals surface area contributed by atoms with Gasteiger partial charge in [-0.3, -0.25) is 4.79 Å². The highest BCUT2D eigenvalue weighted by Crippen LogP contribution is 2.09. The Hall–Kier alpha value is -1.35. The van der Waals surface area contributed by atoms with Crippen molar-refractivity contribution in [2.45, 2.75) is 45.4 Å². The van der Waals surface area contributed by atoms with Crippen LogP contribution in [0.25, 0.3) is 0 Å². The number of aryl methyl sites for hydroxylation is 1. The second-order valence-corrected chi connectivity index (χ2v) is 6.08. The zero-order valence-electron chi connectivity index (χ0n) is 13.2. The fourth-order valence-electron chi connectivity index (χ4n) is 2.83. The lowest BCUT2D eigenvalue weighted by atomic mass is 10.1. The van der Waals surface area contributed by atoms with Crippen molar-refractivity contribution in [3.63, 3.8) is 0 Å². The van der Waals surface area contributed by atoms with Crippen LogP contribution in [0.4, 0.5) is 0 Å². The molecule has 0 aromatic heterocycles. The third kappa shape index (κ3) is 5.88. The van der Waals surface area contributed by atoms with Gasteiger partial charge in [-0.1, -0.05) is 30.5 Å². The first-order valence-electron chi connectivity index (χ1n) is 8.33. The first-order valence-corrected chi connectivity index (χ1v) is 8.33. The number of unbranched alkanes of at least 4 members (excludes halogenated alkanes) is 2. The fraction of sp³-hybridized carbons (Fsp3) is 0.611. The number of piperidine rings is 1. The number of carbonyl (C=O) groups is 1. The maximum absolute atomic E-state index is 11.9. The Labute approximate surface area is 128 Å². The quantitative estimate of drug-likeness (QED) is 0.780. The van der Waals surface area contributed by atoms with E-state index < -0.39 is 0 Å². The van der Waals surface area contributed by atoms with Crippen molar-refractivity contribution >= 4 is 5.91 Å². The molecular formula is C18H28N2O. The van der Waals surface area contributed by atoms with E-state index in [9.17, 15) is 4.79 Å². The Balaban J connectivity index is 1.53. The minimum Gasteiger partial charge on any atom is -0.352 e. The molecule has 1 aromatic carbocycles. The predicted octanol–water partition coefficient (Wildman–Crippen LogP) is 3.38. The molecule has 1 aliphatic heterocycles. The van der Waals surface area contributed by atoms with E-state index in [0.717, 1.165) is 18.5 Å². The van der Waals surface area contributed by atoms with E-state index in [0.29, 0.717) is 0 Å². The smallest absolute Gasteiger partial charge is 0.251 e. The maximum atomic E-state index is 11.9. The molecule has 3 heteroatoms. The van der Waals surface area contributed by atoms with E-state index in [4.69, 9.17) is 0 Å². The van der Waals surface area contributed by atoms with Gasteiger partial charge in [0.05, 0.1) is 0 Å². The molecule has 0 saturated carbocycles. The highest BCUT2D eigenvalue weighted by molar-refractivity contribution is 5.94. The Bertz CT molecular complexity index is 421.